The predicted molar refractivity (Wildman–Crippen MR) is 69.1 cm³/mol. The van der Waals surface area contributed by atoms with Gasteiger partial charge in [0.25, 0.3) is 5.91 Å². The van der Waals surface area contributed by atoms with E-state index in [2.05, 4.69) is 15.3 Å². The van der Waals surface area contributed by atoms with E-state index in [1.807, 2.05) is 38.1 Å². The molecule has 1 N–H and O–H groups in total. The van der Waals surface area contributed by atoms with Crippen molar-refractivity contribution in [2.45, 2.75) is 19.9 Å². The fraction of sp³-hybridized carbons (Fsp3) is 0.214. The number of carbonyl (C=O) groups excluding carboxylic acids is 1. The fourth-order valence-corrected chi connectivity index (χ4v) is 1.59. The van der Waals surface area contributed by atoms with Crippen molar-refractivity contribution < 1.29 is 4.79 Å². The third-order valence-corrected chi connectivity index (χ3v) is 2.65. The highest BCUT2D eigenvalue weighted by Crippen LogP contribution is 2.09. The van der Waals surface area contributed by atoms with Gasteiger partial charge in [0.1, 0.15) is 0 Å². The second kappa shape index (κ2) is 5.40. The zero-order valence-electron chi connectivity index (χ0n) is 10.4. The van der Waals surface area contributed by atoms with Crippen molar-refractivity contribution in [3.63, 3.8) is 0 Å². The van der Waals surface area contributed by atoms with Crippen LogP contribution >= 0.6 is 0 Å². The van der Waals surface area contributed by atoms with Gasteiger partial charge in [-0.2, -0.15) is 0 Å². The van der Waals surface area contributed by atoms with Crippen molar-refractivity contribution in [1.29, 1.82) is 0 Å². The molecule has 0 bridgehead atoms. The Morgan fingerprint density at radius 1 is 1.22 bits per heavy atom. The lowest BCUT2D eigenvalue weighted by molar-refractivity contribution is 0.0939. The van der Waals surface area contributed by atoms with Gasteiger partial charge in [-0.25, -0.2) is 0 Å². The van der Waals surface area contributed by atoms with Crippen molar-refractivity contribution in [3.8, 4) is 0 Å². The number of rotatable bonds is 3. The second-order valence-corrected chi connectivity index (χ2v) is 4.14. The number of aromatic nitrogens is 2. The van der Waals surface area contributed by atoms with E-state index in [0.717, 1.165) is 11.4 Å². The number of nitrogens with one attached hydrogen (secondary N) is 1. The topological polar surface area (TPSA) is 54.9 Å². The second-order valence-electron chi connectivity index (χ2n) is 4.14. The molecule has 0 aromatic carbocycles. The summed E-state index contributed by atoms with van der Waals surface area (Å²) in [4.78, 5) is 20.3. The molecule has 2 heterocycles. The van der Waals surface area contributed by atoms with Crippen LogP contribution in [-0.2, 0) is 0 Å². The highest BCUT2D eigenvalue weighted by molar-refractivity contribution is 5.94. The van der Waals surface area contributed by atoms with Gasteiger partial charge in [0.15, 0.2) is 0 Å². The molecule has 0 saturated heterocycles. The van der Waals surface area contributed by atoms with Crippen molar-refractivity contribution in [2.75, 3.05) is 0 Å². The molecule has 0 aliphatic rings. The van der Waals surface area contributed by atoms with Gasteiger partial charge in [0.2, 0.25) is 0 Å². The van der Waals surface area contributed by atoms with E-state index in [1.165, 1.54) is 0 Å². The molecule has 2 aromatic rings. The Kier molecular flexibility index (Phi) is 3.67. The molecule has 0 spiro atoms. The van der Waals surface area contributed by atoms with Crippen LogP contribution in [0.2, 0.25) is 0 Å². The van der Waals surface area contributed by atoms with Crippen LogP contribution in [0.25, 0.3) is 0 Å². The van der Waals surface area contributed by atoms with Crippen LogP contribution in [0, 0.1) is 6.92 Å². The van der Waals surface area contributed by atoms with E-state index >= 15 is 0 Å². The molecule has 2 rings (SSSR count). The first-order valence-electron chi connectivity index (χ1n) is 5.81. The number of nitrogens with zero attached hydrogens (tertiary/aromatic N) is 2. The van der Waals surface area contributed by atoms with Gasteiger partial charge >= 0.3 is 0 Å². The fourth-order valence-electron chi connectivity index (χ4n) is 1.59. The molecule has 4 nitrogen and oxygen atoms in total. The predicted octanol–water partition coefficient (Wildman–Crippen LogP) is 2.28. The minimum atomic E-state index is -0.138. The average molecular weight is 241 g/mol. The number of amides is 1. The number of carbonyl (C=O) groups is 1. The Balaban J connectivity index is 2.06. The van der Waals surface area contributed by atoms with Gasteiger partial charge in [-0.3, -0.25) is 14.8 Å². The first-order chi connectivity index (χ1) is 8.66. The molecule has 0 fully saturated rings. The van der Waals surface area contributed by atoms with Crippen molar-refractivity contribution in [2.24, 2.45) is 0 Å². The standard InChI is InChI=1S/C14H15N3O/c1-10-6-7-12(9-16-10)14(18)17-11(2)13-5-3-4-8-15-13/h3-9,11H,1-2H3,(H,17,18). The van der Waals surface area contributed by atoms with Gasteiger partial charge in [-0.1, -0.05) is 6.07 Å². The van der Waals surface area contributed by atoms with E-state index in [1.54, 1.807) is 18.5 Å². The summed E-state index contributed by atoms with van der Waals surface area (Å²) in [5.41, 5.74) is 2.29. The average Bonchev–Trinajstić information content (AvgIpc) is 2.40. The number of hydrogen-bond acceptors (Lipinski definition) is 3. The van der Waals surface area contributed by atoms with Crippen LogP contribution < -0.4 is 5.32 Å². The number of hydrogen-bond donors (Lipinski definition) is 1. The molecular formula is C14H15N3O. The Morgan fingerprint density at radius 2 is 2.06 bits per heavy atom. The van der Waals surface area contributed by atoms with E-state index in [-0.39, 0.29) is 11.9 Å². The first-order valence-corrected chi connectivity index (χ1v) is 5.81. The summed E-state index contributed by atoms with van der Waals surface area (Å²) in [5.74, 6) is -0.138. The van der Waals surface area contributed by atoms with E-state index in [0.29, 0.717) is 5.56 Å². The van der Waals surface area contributed by atoms with Gasteiger partial charge in [-0.05, 0) is 38.1 Å². The summed E-state index contributed by atoms with van der Waals surface area (Å²) in [6, 6.07) is 9.10. The lowest BCUT2D eigenvalue weighted by Gasteiger charge is -2.13. The van der Waals surface area contributed by atoms with Crippen molar-refractivity contribution >= 4 is 5.91 Å². The van der Waals surface area contributed by atoms with Crippen LogP contribution in [0.4, 0.5) is 0 Å². The Labute approximate surface area is 106 Å². The van der Waals surface area contributed by atoms with Crippen LogP contribution in [0.1, 0.15) is 34.7 Å². The largest absolute Gasteiger partial charge is 0.344 e. The molecule has 92 valence electrons. The van der Waals surface area contributed by atoms with Crippen LogP contribution in [0.15, 0.2) is 42.7 Å². The van der Waals surface area contributed by atoms with Crippen molar-refractivity contribution in [1.82, 2.24) is 15.3 Å². The van der Waals surface area contributed by atoms with E-state index in [9.17, 15) is 4.79 Å². The molecule has 2 aromatic heterocycles. The lowest BCUT2D eigenvalue weighted by atomic mass is 10.2. The Morgan fingerprint density at radius 3 is 2.67 bits per heavy atom. The minimum absolute atomic E-state index is 0.125. The Hall–Kier alpha value is -2.23. The smallest absolute Gasteiger partial charge is 0.253 e. The molecule has 0 radical (unpaired) electrons. The Bertz CT molecular complexity index is 522. The third-order valence-electron chi connectivity index (χ3n) is 2.65. The maximum atomic E-state index is 12.0. The highest BCUT2D eigenvalue weighted by atomic mass is 16.1. The summed E-state index contributed by atoms with van der Waals surface area (Å²) in [7, 11) is 0. The molecule has 1 atom stereocenters. The maximum absolute atomic E-state index is 12.0. The zero-order valence-corrected chi connectivity index (χ0v) is 10.4. The normalized spacial score (nSPS) is 11.9. The molecular weight excluding hydrogens is 226 g/mol. The highest BCUT2D eigenvalue weighted by Gasteiger charge is 2.11. The molecule has 4 heteroatoms. The summed E-state index contributed by atoms with van der Waals surface area (Å²) < 4.78 is 0. The summed E-state index contributed by atoms with van der Waals surface area (Å²) in [5, 5.41) is 2.89. The SMILES string of the molecule is Cc1ccc(C(=O)NC(C)c2ccccn2)cn1. The zero-order chi connectivity index (χ0) is 13.0. The maximum Gasteiger partial charge on any atom is 0.253 e. The van der Waals surface area contributed by atoms with Gasteiger partial charge in [0.05, 0.1) is 17.3 Å². The van der Waals surface area contributed by atoms with E-state index in [4.69, 9.17) is 0 Å². The van der Waals surface area contributed by atoms with Gasteiger partial charge < -0.3 is 5.32 Å². The summed E-state index contributed by atoms with van der Waals surface area (Å²) in [6.07, 6.45) is 3.29. The van der Waals surface area contributed by atoms with Gasteiger partial charge in [-0.15, -0.1) is 0 Å². The lowest BCUT2D eigenvalue weighted by Crippen LogP contribution is -2.27. The molecule has 18 heavy (non-hydrogen) atoms. The number of aryl methyl sites for hydroxylation is 1. The molecule has 0 aliphatic heterocycles. The van der Waals surface area contributed by atoms with Crippen LogP contribution in [-0.4, -0.2) is 15.9 Å². The minimum Gasteiger partial charge on any atom is -0.344 e. The molecule has 1 amide bonds. The van der Waals surface area contributed by atoms with E-state index < -0.39 is 0 Å². The summed E-state index contributed by atoms with van der Waals surface area (Å²) >= 11 is 0. The molecule has 0 saturated carbocycles. The van der Waals surface area contributed by atoms with Crippen molar-refractivity contribution in [3.05, 3.63) is 59.7 Å². The van der Waals surface area contributed by atoms with Crippen LogP contribution in [0.5, 0.6) is 0 Å². The van der Waals surface area contributed by atoms with Crippen LogP contribution in [0.3, 0.4) is 0 Å². The molecule has 1 unspecified atom stereocenters. The molecule has 0 aliphatic carbocycles. The van der Waals surface area contributed by atoms with Gasteiger partial charge in [0, 0.05) is 18.1 Å². The monoisotopic (exact) mass is 241 g/mol. The summed E-state index contributed by atoms with van der Waals surface area (Å²) in [6.45, 7) is 3.79. The first kappa shape index (κ1) is 12.2. The quantitative estimate of drug-likeness (QED) is 0.896. The third kappa shape index (κ3) is 2.91. The number of pyridine rings is 2.